The third kappa shape index (κ3) is 7.79. The van der Waals surface area contributed by atoms with E-state index in [0.29, 0.717) is 6.54 Å². The molecule has 0 amide bonds. The molecular formula is C11H19F7N2O3. The Hall–Kier alpha value is -1.14. The molecule has 6 N–H and O–H groups in total. The number of nitrogens with two attached hydrogens (primary N) is 2. The number of aliphatic carboxylic acids is 1. The largest absolute Gasteiger partial charge is 0.477 e. The molecule has 0 saturated carbocycles. The monoisotopic (exact) mass is 360 g/mol. The van der Waals surface area contributed by atoms with E-state index in [2.05, 4.69) is 0 Å². The number of hydrogen-bond donors (Lipinski definition) is 4. The number of aliphatic hydroxyl groups excluding tert-OH is 1. The van der Waals surface area contributed by atoms with Crippen molar-refractivity contribution in [1.29, 1.82) is 0 Å². The Morgan fingerprint density at radius 2 is 1.43 bits per heavy atom. The van der Waals surface area contributed by atoms with Gasteiger partial charge in [0.1, 0.15) is 0 Å². The molecule has 0 bridgehead atoms. The summed E-state index contributed by atoms with van der Waals surface area (Å²) in [5, 5.41) is 15.9. The van der Waals surface area contributed by atoms with Gasteiger partial charge in [0, 0.05) is 12.6 Å². The lowest BCUT2D eigenvalue weighted by atomic mass is 10.1. The van der Waals surface area contributed by atoms with Crippen LogP contribution in [0.1, 0.15) is 25.7 Å². The second-order valence-corrected chi connectivity index (χ2v) is 4.51. The van der Waals surface area contributed by atoms with Crippen LogP contribution in [0, 0.1) is 0 Å². The summed E-state index contributed by atoms with van der Waals surface area (Å²) in [5.41, 5.74) is 11.0. The highest BCUT2D eigenvalue weighted by molar-refractivity contribution is 5.76. The predicted molar refractivity (Wildman–Crippen MR) is 66.2 cm³/mol. The van der Waals surface area contributed by atoms with Crippen LogP contribution >= 0.6 is 0 Å². The van der Waals surface area contributed by atoms with Gasteiger partial charge in [-0.2, -0.15) is 30.7 Å². The highest BCUT2D eigenvalue weighted by atomic mass is 19.4. The molecule has 0 aromatic carbocycles. The topological polar surface area (TPSA) is 110 Å². The second kappa shape index (κ2) is 9.88. The van der Waals surface area contributed by atoms with Gasteiger partial charge in [-0.15, -0.1) is 0 Å². The van der Waals surface area contributed by atoms with Crippen molar-refractivity contribution >= 4 is 5.97 Å². The van der Waals surface area contributed by atoms with Crippen LogP contribution in [0.25, 0.3) is 0 Å². The molecule has 0 aromatic rings. The van der Waals surface area contributed by atoms with Crippen molar-refractivity contribution in [3.63, 3.8) is 0 Å². The number of hydrogen-bond acceptors (Lipinski definition) is 4. The summed E-state index contributed by atoms with van der Waals surface area (Å²) >= 11 is 0. The number of halogens is 7. The third-order valence-electron chi connectivity index (χ3n) is 2.53. The zero-order valence-corrected chi connectivity index (χ0v) is 11.9. The summed E-state index contributed by atoms with van der Waals surface area (Å²) in [7, 11) is 0. The number of rotatable bonds is 8. The number of alkyl halides is 7. The van der Waals surface area contributed by atoms with Crippen molar-refractivity contribution in [2.45, 2.75) is 49.7 Å². The van der Waals surface area contributed by atoms with Crippen LogP contribution in [-0.2, 0) is 4.79 Å². The minimum atomic E-state index is -6.60. The molecule has 0 aromatic heterocycles. The average Bonchev–Trinajstić information content (AvgIpc) is 2.41. The molecule has 0 radical (unpaired) electrons. The minimum absolute atomic E-state index is 0.232. The number of carbonyl (C=O) groups is 1. The van der Waals surface area contributed by atoms with Crippen molar-refractivity contribution in [2.24, 2.45) is 11.5 Å². The molecule has 0 aliphatic rings. The summed E-state index contributed by atoms with van der Waals surface area (Å²) in [6.45, 7) is 0.961. The molecule has 0 rings (SSSR count). The first kappa shape index (κ1) is 24.1. The Kier molecular flexibility index (Phi) is 10.4. The fourth-order valence-electron chi connectivity index (χ4n) is 1.19. The molecule has 0 spiro atoms. The van der Waals surface area contributed by atoms with Gasteiger partial charge in [-0.1, -0.05) is 0 Å². The van der Waals surface area contributed by atoms with Crippen LogP contribution in [0.5, 0.6) is 0 Å². The van der Waals surface area contributed by atoms with Gasteiger partial charge in [0.05, 0.1) is 0 Å². The molecule has 0 aliphatic carbocycles. The summed E-state index contributed by atoms with van der Waals surface area (Å²) in [6.07, 6.45) is -2.90. The Bertz CT molecular complexity index is 343. The maximum Gasteiger partial charge on any atom is 0.460 e. The van der Waals surface area contributed by atoms with Gasteiger partial charge in [-0.25, -0.2) is 4.79 Å². The first-order valence-corrected chi connectivity index (χ1v) is 6.37. The van der Waals surface area contributed by atoms with E-state index in [1.807, 2.05) is 0 Å². The van der Waals surface area contributed by atoms with E-state index in [-0.39, 0.29) is 12.6 Å². The second-order valence-electron chi connectivity index (χ2n) is 4.51. The first-order chi connectivity index (χ1) is 10.3. The minimum Gasteiger partial charge on any atom is -0.477 e. The highest BCUT2D eigenvalue weighted by Crippen LogP contribution is 2.46. The number of carboxylic acid groups (broad SMARTS) is 1. The van der Waals surface area contributed by atoms with Gasteiger partial charge in [-0.3, -0.25) is 0 Å². The maximum absolute atomic E-state index is 11.8. The molecule has 0 saturated heterocycles. The quantitative estimate of drug-likeness (QED) is 0.493. The van der Waals surface area contributed by atoms with E-state index in [1.54, 1.807) is 0 Å². The Labute approximate surface area is 127 Å². The lowest BCUT2D eigenvalue weighted by Gasteiger charge is -2.24. The van der Waals surface area contributed by atoms with Gasteiger partial charge in [0.15, 0.2) is 0 Å². The lowest BCUT2D eigenvalue weighted by molar-refractivity contribution is -0.347. The van der Waals surface area contributed by atoms with Crippen LogP contribution in [0.4, 0.5) is 30.7 Å². The molecular weight excluding hydrogens is 341 g/mol. The van der Waals surface area contributed by atoms with E-state index >= 15 is 0 Å². The fourth-order valence-corrected chi connectivity index (χ4v) is 1.19. The smallest absolute Gasteiger partial charge is 0.460 e. The SMILES string of the molecule is NCCCC(N)CCCO.O=C(O)C(F)(F)C(F)(F)C(F)(F)F. The number of carboxylic acids is 1. The Morgan fingerprint density at radius 3 is 1.70 bits per heavy atom. The molecule has 140 valence electrons. The highest BCUT2D eigenvalue weighted by Gasteiger charge is 2.76. The standard InChI is InChI=1S/C7H18N2O.C4HF7O2/c8-5-1-3-7(9)4-2-6-10;5-2(6,1(12)13)3(7,8)4(9,10)11/h7,10H,1-6,8-9H2;(H,12,13). The molecule has 23 heavy (non-hydrogen) atoms. The van der Waals surface area contributed by atoms with Crippen molar-refractivity contribution < 1.29 is 45.7 Å². The summed E-state index contributed by atoms with van der Waals surface area (Å²) < 4.78 is 80.5. The van der Waals surface area contributed by atoms with Crippen molar-refractivity contribution in [1.82, 2.24) is 0 Å². The van der Waals surface area contributed by atoms with Crippen LogP contribution in [0.3, 0.4) is 0 Å². The number of aliphatic hydroxyl groups is 1. The molecule has 12 heteroatoms. The Balaban J connectivity index is 0. The first-order valence-electron chi connectivity index (χ1n) is 6.37. The normalized spacial score (nSPS) is 14.0. The van der Waals surface area contributed by atoms with Crippen LogP contribution in [0.15, 0.2) is 0 Å². The van der Waals surface area contributed by atoms with Gasteiger partial charge in [0.25, 0.3) is 0 Å². The Morgan fingerprint density at radius 1 is 1.00 bits per heavy atom. The van der Waals surface area contributed by atoms with Gasteiger partial charge < -0.3 is 21.7 Å². The lowest BCUT2D eigenvalue weighted by Crippen LogP contribution is -2.56. The summed E-state index contributed by atoms with van der Waals surface area (Å²) in [6, 6.07) is 0.232. The maximum atomic E-state index is 11.8. The summed E-state index contributed by atoms with van der Waals surface area (Å²) in [5.74, 6) is -16.3. The zero-order chi connectivity index (χ0) is 18.9. The van der Waals surface area contributed by atoms with E-state index in [9.17, 15) is 35.5 Å². The fraction of sp³-hybridized carbons (Fsp3) is 0.909. The molecule has 5 nitrogen and oxygen atoms in total. The molecule has 1 unspecified atom stereocenters. The third-order valence-corrected chi connectivity index (χ3v) is 2.53. The zero-order valence-electron chi connectivity index (χ0n) is 11.9. The van der Waals surface area contributed by atoms with Gasteiger partial charge in [-0.05, 0) is 32.2 Å². The van der Waals surface area contributed by atoms with Gasteiger partial charge in [0.2, 0.25) is 0 Å². The van der Waals surface area contributed by atoms with E-state index in [1.165, 1.54) is 0 Å². The van der Waals surface area contributed by atoms with Gasteiger partial charge >= 0.3 is 24.0 Å². The molecule has 0 aliphatic heterocycles. The van der Waals surface area contributed by atoms with Crippen LogP contribution in [-0.4, -0.2) is 53.4 Å². The van der Waals surface area contributed by atoms with E-state index in [0.717, 1.165) is 25.7 Å². The van der Waals surface area contributed by atoms with Crippen molar-refractivity contribution in [3.8, 4) is 0 Å². The van der Waals surface area contributed by atoms with Crippen molar-refractivity contribution in [3.05, 3.63) is 0 Å². The molecule has 0 heterocycles. The molecule has 0 fully saturated rings. The summed E-state index contributed by atoms with van der Waals surface area (Å²) in [4.78, 5) is 9.38. The van der Waals surface area contributed by atoms with E-state index in [4.69, 9.17) is 21.7 Å². The van der Waals surface area contributed by atoms with Crippen LogP contribution < -0.4 is 11.5 Å². The molecule has 1 atom stereocenters. The average molecular weight is 360 g/mol. The van der Waals surface area contributed by atoms with Crippen molar-refractivity contribution in [2.75, 3.05) is 13.2 Å². The predicted octanol–water partition coefficient (Wildman–Crippen LogP) is 1.73. The van der Waals surface area contributed by atoms with E-state index < -0.39 is 24.0 Å². The van der Waals surface area contributed by atoms with Crippen LogP contribution in [0.2, 0.25) is 0 Å².